The van der Waals surface area contributed by atoms with Gasteiger partial charge in [0.15, 0.2) is 5.65 Å². The maximum Gasteiger partial charge on any atom is 0.163 e. The Labute approximate surface area is 123 Å². The van der Waals surface area contributed by atoms with Crippen LogP contribution in [0.2, 0.25) is 0 Å². The predicted octanol–water partition coefficient (Wildman–Crippen LogP) is 1.36. The number of fused-ring (bicyclic) bond motifs is 1. The van der Waals surface area contributed by atoms with Crippen molar-refractivity contribution in [3.05, 3.63) is 12.5 Å². The molecule has 2 aromatic heterocycles. The molecule has 0 amide bonds. The third-order valence-electron chi connectivity index (χ3n) is 3.62. The second-order valence-electron chi connectivity index (χ2n) is 5.22. The molecule has 3 heterocycles. The number of nitrogens with one attached hydrogen (secondary N) is 1. The van der Waals surface area contributed by atoms with Gasteiger partial charge in [-0.25, -0.2) is 9.97 Å². The highest BCUT2D eigenvalue weighted by molar-refractivity contribution is 5.85. The highest BCUT2D eigenvalue weighted by Crippen LogP contribution is 2.17. The van der Waals surface area contributed by atoms with E-state index in [2.05, 4.69) is 20.4 Å². The van der Waals surface area contributed by atoms with Crippen molar-refractivity contribution in [2.24, 2.45) is 7.05 Å². The van der Waals surface area contributed by atoms with E-state index < -0.39 is 0 Å². The molecule has 1 atom stereocenters. The molecule has 3 rings (SSSR count). The molecule has 2 aromatic rings. The average molecular weight is 291 g/mol. The maximum absolute atomic E-state index is 5.63. The molecule has 0 saturated carbocycles. The molecule has 1 unspecified atom stereocenters. The summed E-state index contributed by atoms with van der Waals surface area (Å²) in [6.07, 6.45) is 6.85. The second-order valence-corrected chi connectivity index (χ2v) is 5.22. The summed E-state index contributed by atoms with van der Waals surface area (Å²) in [4.78, 5) is 8.48. The van der Waals surface area contributed by atoms with Gasteiger partial charge < -0.3 is 14.8 Å². The van der Waals surface area contributed by atoms with Crippen molar-refractivity contribution in [3.8, 4) is 0 Å². The first-order chi connectivity index (χ1) is 10.3. The molecule has 1 fully saturated rings. The van der Waals surface area contributed by atoms with E-state index in [0.717, 1.165) is 55.9 Å². The zero-order valence-corrected chi connectivity index (χ0v) is 12.3. The summed E-state index contributed by atoms with van der Waals surface area (Å²) in [6, 6.07) is 0. The summed E-state index contributed by atoms with van der Waals surface area (Å²) in [5.41, 5.74) is 0.835. The first-order valence-electron chi connectivity index (χ1n) is 7.40. The normalized spacial score (nSPS) is 18.4. The van der Waals surface area contributed by atoms with Gasteiger partial charge >= 0.3 is 0 Å². The molecular weight excluding hydrogens is 270 g/mol. The largest absolute Gasteiger partial charge is 0.379 e. The molecule has 0 bridgehead atoms. The summed E-state index contributed by atoms with van der Waals surface area (Å²) in [5, 5.41) is 8.45. The van der Waals surface area contributed by atoms with Gasteiger partial charge in [0.05, 0.1) is 24.3 Å². The zero-order valence-electron chi connectivity index (χ0n) is 12.3. The van der Waals surface area contributed by atoms with Gasteiger partial charge in [0.25, 0.3) is 0 Å². The second kappa shape index (κ2) is 6.82. The van der Waals surface area contributed by atoms with Gasteiger partial charge in [-0.3, -0.25) is 4.68 Å². The van der Waals surface area contributed by atoms with E-state index in [1.54, 1.807) is 17.2 Å². The summed E-state index contributed by atoms with van der Waals surface area (Å²) >= 11 is 0. The van der Waals surface area contributed by atoms with E-state index in [1.165, 1.54) is 0 Å². The fourth-order valence-electron chi connectivity index (χ4n) is 2.47. The van der Waals surface area contributed by atoms with E-state index in [-0.39, 0.29) is 0 Å². The Kier molecular flexibility index (Phi) is 4.62. The van der Waals surface area contributed by atoms with Crippen LogP contribution in [0.3, 0.4) is 0 Å². The average Bonchev–Trinajstić information content (AvgIpc) is 3.14. The number of anilines is 1. The van der Waals surface area contributed by atoms with Crippen molar-refractivity contribution in [2.45, 2.75) is 25.4 Å². The Morgan fingerprint density at radius 1 is 1.48 bits per heavy atom. The molecule has 1 N–H and O–H groups in total. The highest BCUT2D eigenvalue weighted by atomic mass is 16.5. The Bertz CT molecular complexity index is 580. The van der Waals surface area contributed by atoms with Crippen molar-refractivity contribution >= 4 is 16.9 Å². The molecule has 21 heavy (non-hydrogen) atoms. The number of hydrogen-bond donors (Lipinski definition) is 1. The fraction of sp³-hybridized carbons (Fsp3) is 0.643. The lowest BCUT2D eigenvalue weighted by Gasteiger charge is -2.10. The van der Waals surface area contributed by atoms with E-state index in [4.69, 9.17) is 9.47 Å². The lowest BCUT2D eigenvalue weighted by atomic mass is 10.2. The molecular formula is C14H21N5O2. The van der Waals surface area contributed by atoms with E-state index in [1.807, 2.05) is 7.05 Å². The molecule has 0 radical (unpaired) electrons. The molecule has 7 nitrogen and oxygen atoms in total. The summed E-state index contributed by atoms with van der Waals surface area (Å²) < 4.78 is 12.9. The molecule has 114 valence electrons. The van der Waals surface area contributed by atoms with E-state index >= 15 is 0 Å². The molecule has 1 saturated heterocycles. The Morgan fingerprint density at radius 2 is 2.43 bits per heavy atom. The number of aryl methyl sites for hydroxylation is 1. The van der Waals surface area contributed by atoms with Crippen molar-refractivity contribution in [1.29, 1.82) is 0 Å². The van der Waals surface area contributed by atoms with Gasteiger partial charge in [-0.1, -0.05) is 0 Å². The molecule has 0 aliphatic carbocycles. The number of hydrogen-bond acceptors (Lipinski definition) is 6. The van der Waals surface area contributed by atoms with Crippen LogP contribution in [0.1, 0.15) is 19.3 Å². The lowest BCUT2D eigenvalue weighted by molar-refractivity contribution is 0.0172. The summed E-state index contributed by atoms with van der Waals surface area (Å²) in [7, 11) is 1.87. The van der Waals surface area contributed by atoms with Crippen LogP contribution >= 0.6 is 0 Å². The van der Waals surface area contributed by atoms with Gasteiger partial charge in [0.2, 0.25) is 0 Å². The van der Waals surface area contributed by atoms with Crippen LogP contribution in [-0.4, -0.2) is 52.2 Å². The first kappa shape index (κ1) is 14.2. The Balaban J connectivity index is 1.40. The molecule has 1 aliphatic heterocycles. The maximum atomic E-state index is 5.63. The van der Waals surface area contributed by atoms with Gasteiger partial charge in [-0.05, 0) is 19.3 Å². The summed E-state index contributed by atoms with van der Waals surface area (Å²) in [5.74, 6) is 0.826. The van der Waals surface area contributed by atoms with Gasteiger partial charge in [0, 0.05) is 26.8 Å². The third-order valence-corrected chi connectivity index (χ3v) is 3.62. The van der Waals surface area contributed by atoms with Crippen LogP contribution in [-0.2, 0) is 16.5 Å². The monoisotopic (exact) mass is 291 g/mol. The standard InChI is InChI=1S/C14H21N5O2/c1-19-14-12(8-18-19)13(16-10-17-14)15-5-3-6-20-9-11-4-2-7-21-11/h8,10-11H,2-7,9H2,1H3,(H,15,16,17). The molecule has 1 aliphatic rings. The number of rotatable bonds is 7. The summed E-state index contributed by atoms with van der Waals surface area (Å²) in [6.45, 7) is 3.13. The van der Waals surface area contributed by atoms with Gasteiger partial charge in [-0.15, -0.1) is 0 Å². The van der Waals surface area contributed by atoms with Crippen LogP contribution in [0.5, 0.6) is 0 Å². The Morgan fingerprint density at radius 3 is 3.29 bits per heavy atom. The first-order valence-corrected chi connectivity index (χ1v) is 7.40. The minimum atomic E-state index is 0.301. The SMILES string of the molecule is Cn1ncc2c(NCCCOCC3CCCO3)ncnc21. The van der Waals surface area contributed by atoms with Crippen molar-refractivity contribution in [3.63, 3.8) is 0 Å². The fourth-order valence-corrected chi connectivity index (χ4v) is 2.47. The molecule has 0 spiro atoms. The van der Waals surface area contributed by atoms with E-state index in [0.29, 0.717) is 12.7 Å². The minimum Gasteiger partial charge on any atom is -0.379 e. The molecule has 7 heteroatoms. The smallest absolute Gasteiger partial charge is 0.163 e. The quantitative estimate of drug-likeness (QED) is 0.776. The predicted molar refractivity (Wildman–Crippen MR) is 79.2 cm³/mol. The minimum absolute atomic E-state index is 0.301. The number of nitrogens with zero attached hydrogens (tertiary/aromatic N) is 4. The van der Waals surface area contributed by atoms with Crippen LogP contribution < -0.4 is 5.32 Å². The van der Waals surface area contributed by atoms with Crippen LogP contribution in [0, 0.1) is 0 Å². The number of ether oxygens (including phenoxy) is 2. The zero-order chi connectivity index (χ0) is 14.5. The molecule has 0 aromatic carbocycles. The van der Waals surface area contributed by atoms with Gasteiger partial charge in [0.1, 0.15) is 12.1 Å². The van der Waals surface area contributed by atoms with E-state index in [9.17, 15) is 0 Å². The number of aromatic nitrogens is 4. The Hall–Kier alpha value is -1.73. The van der Waals surface area contributed by atoms with Crippen LogP contribution in [0.25, 0.3) is 11.0 Å². The van der Waals surface area contributed by atoms with Crippen molar-refractivity contribution in [2.75, 3.05) is 31.7 Å². The van der Waals surface area contributed by atoms with Gasteiger partial charge in [-0.2, -0.15) is 5.10 Å². The van der Waals surface area contributed by atoms with Crippen LogP contribution in [0.4, 0.5) is 5.82 Å². The highest BCUT2D eigenvalue weighted by Gasteiger charge is 2.14. The van der Waals surface area contributed by atoms with Crippen molar-refractivity contribution in [1.82, 2.24) is 19.7 Å². The topological polar surface area (TPSA) is 74.1 Å². The third kappa shape index (κ3) is 3.48. The van der Waals surface area contributed by atoms with Crippen molar-refractivity contribution < 1.29 is 9.47 Å². The van der Waals surface area contributed by atoms with Crippen LogP contribution in [0.15, 0.2) is 12.5 Å². The lowest BCUT2D eigenvalue weighted by Crippen LogP contribution is -2.15.